The summed E-state index contributed by atoms with van der Waals surface area (Å²) in [6.07, 6.45) is 0.446. The minimum atomic E-state index is -1.13. The molecule has 0 spiro atoms. The summed E-state index contributed by atoms with van der Waals surface area (Å²) in [5.41, 5.74) is 2.98. The van der Waals surface area contributed by atoms with Crippen LogP contribution >= 0.6 is 0 Å². The van der Waals surface area contributed by atoms with E-state index in [2.05, 4.69) is 26.4 Å². The van der Waals surface area contributed by atoms with E-state index in [1.807, 2.05) is 39.0 Å². The molecular formula is C28H31N5O6. The quantitative estimate of drug-likeness (QED) is 0.432. The van der Waals surface area contributed by atoms with Crippen molar-refractivity contribution in [2.75, 3.05) is 37.8 Å². The molecule has 2 N–H and O–H groups in total. The van der Waals surface area contributed by atoms with Crippen LogP contribution in [0.15, 0.2) is 40.9 Å². The van der Waals surface area contributed by atoms with Crippen LogP contribution in [0.4, 0.5) is 10.5 Å². The van der Waals surface area contributed by atoms with Gasteiger partial charge in [0.2, 0.25) is 5.82 Å². The SMILES string of the molecule is CCCOc1ccc(-c2nc(-c3cccc4c3CCN4CC3(NC(=O)O)COC(C)(C)OC3)no2)cc1C#N. The van der Waals surface area contributed by atoms with Crippen LogP contribution in [0, 0.1) is 11.3 Å². The summed E-state index contributed by atoms with van der Waals surface area (Å²) in [7, 11) is 0. The first-order valence-corrected chi connectivity index (χ1v) is 12.9. The molecule has 1 fully saturated rings. The number of carbonyl (C=O) groups is 1. The highest BCUT2D eigenvalue weighted by atomic mass is 16.7. The van der Waals surface area contributed by atoms with Crippen LogP contribution in [0.2, 0.25) is 0 Å². The number of fused-ring (bicyclic) bond motifs is 1. The van der Waals surface area contributed by atoms with Crippen molar-refractivity contribution in [3.05, 3.63) is 47.5 Å². The summed E-state index contributed by atoms with van der Waals surface area (Å²) in [5.74, 6) is 0.501. The molecule has 1 amide bonds. The van der Waals surface area contributed by atoms with Crippen LogP contribution in [0.1, 0.15) is 38.3 Å². The molecule has 3 heterocycles. The summed E-state index contributed by atoms with van der Waals surface area (Å²) in [6.45, 7) is 7.61. The first-order valence-electron chi connectivity index (χ1n) is 12.9. The maximum Gasteiger partial charge on any atom is 0.405 e. The Morgan fingerprint density at radius 1 is 1.26 bits per heavy atom. The fourth-order valence-corrected chi connectivity index (χ4v) is 4.92. The number of amides is 1. The Morgan fingerprint density at radius 3 is 2.77 bits per heavy atom. The average molecular weight is 534 g/mol. The van der Waals surface area contributed by atoms with Crippen molar-refractivity contribution in [1.82, 2.24) is 15.5 Å². The van der Waals surface area contributed by atoms with Crippen molar-refractivity contribution in [2.45, 2.75) is 44.9 Å². The van der Waals surface area contributed by atoms with E-state index in [1.54, 1.807) is 18.2 Å². The Kier molecular flexibility index (Phi) is 7.16. The Morgan fingerprint density at radius 2 is 2.05 bits per heavy atom. The van der Waals surface area contributed by atoms with E-state index in [-0.39, 0.29) is 13.2 Å². The number of nitrogens with one attached hydrogen (secondary N) is 1. The van der Waals surface area contributed by atoms with E-state index < -0.39 is 17.4 Å². The summed E-state index contributed by atoms with van der Waals surface area (Å²) in [5, 5.41) is 25.9. The van der Waals surface area contributed by atoms with Gasteiger partial charge in [0.1, 0.15) is 17.4 Å². The van der Waals surface area contributed by atoms with Crippen LogP contribution in [-0.2, 0) is 15.9 Å². The van der Waals surface area contributed by atoms with Crippen LogP contribution in [0.25, 0.3) is 22.8 Å². The van der Waals surface area contributed by atoms with Crippen LogP contribution in [0.3, 0.4) is 0 Å². The van der Waals surface area contributed by atoms with Gasteiger partial charge in [-0.2, -0.15) is 10.2 Å². The molecule has 0 atom stereocenters. The average Bonchev–Trinajstić information content (AvgIpc) is 3.57. The molecule has 1 aromatic heterocycles. The standard InChI is InChI=1S/C28H31N5O6/c1-4-12-36-23-9-8-18(13-19(23)14-29)25-30-24(32-39-25)21-6-5-7-22-20(21)10-11-33(22)15-28(31-26(34)35)16-37-27(2,3)38-17-28/h5-9,13,31H,4,10-12,15-17H2,1-3H3,(H,34,35). The number of nitrogens with zero attached hydrogens (tertiary/aromatic N) is 4. The number of benzene rings is 2. The molecule has 5 rings (SSSR count). The molecule has 2 aliphatic heterocycles. The normalized spacial score (nSPS) is 17.3. The van der Waals surface area contributed by atoms with Crippen LogP contribution in [-0.4, -0.2) is 65.6 Å². The highest BCUT2D eigenvalue weighted by Crippen LogP contribution is 2.37. The van der Waals surface area contributed by atoms with E-state index in [4.69, 9.17) is 18.7 Å². The lowest BCUT2D eigenvalue weighted by atomic mass is 9.99. The van der Waals surface area contributed by atoms with Crippen molar-refractivity contribution in [1.29, 1.82) is 5.26 Å². The molecule has 0 radical (unpaired) electrons. The number of nitriles is 1. The van der Waals surface area contributed by atoms with E-state index in [9.17, 15) is 15.2 Å². The third-order valence-corrected chi connectivity index (χ3v) is 6.86. The highest BCUT2D eigenvalue weighted by Gasteiger charge is 2.43. The second-order valence-electron chi connectivity index (χ2n) is 10.3. The maximum absolute atomic E-state index is 11.6. The van der Waals surface area contributed by atoms with Crippen molar-refractivity contribution in [3.63, 3.8) is 0 Å². The summed E-state index contributed by atoms with van der Waals surface area (Å²) < 4.78 is 22.9. The number of hydrogen-bond donors (Lipinski definition) is 2. The largest absolute Gasteiger partial charge is 0.492 e. The van der Waals surface area contributed by atoms with Gasteiger partial charge < -0.3 is 34.1 Å². The lowest BCUT2D eigenvalue weighted by Gasteiger charge is -2.45. The highest BCUT2D eigenvalue weighted by molar-refractivity contribution is 5.74. The lowest BCUT2D eigenvalue weighted by Crippen LogP contribution is -2.65. The lowest BCUT2D eigenvalue weighted by molar-refractivity contribution is -0.268. The summed E-state index contributed by atoms with van der Waals surface area (Å²) in [6, 6.07) is 13.3. The maximum atomic E-state index is 11.6. The van der Waals surface area contributed by atoms with Gasteiger partial charge >= 0.3 is 6.09 Å². The Balaban J connectivity index is 1.39. The smallest absolute Gasteiger partial charge is 0.405 e. The monoisotopic (exact) mass is 533 g/mol. The molecule has 11 nitrogen and oxygen atoms in total. The molecule has 11 heteroatoms. The third kappa shape index (κ3) is 5.53. The Labute approximate surface area is 226 Å². The molecule has 0 aliphatic carbocycles. The Hall–Kier alpha value is -4.14. The van der Waals surface area contributed by atoms with Crippen molar-refractivity contribution >= 4 is 11.8 Å². The zero-order valence-electron chi connectivity index (χ0n) is 22.2. The molecule has 0 unspecified atom stereocenters. The van der Waals surface area contributed by atoms with Crippen LogP contribution < -0.4 is 15.0 Å². The van der Waals surface area contributed by atoms with Gasteiger partial charge in [-0.1, -0.05) is 24.2 Å². The molecule has 2 aromatic carbocycles. The van der Waals surface area contributed by atoms with Crippen LogP contribution in [0.5, 0.6) is 5.75 Å². The fraction of sp³-hybridized carbons (Fsp3) is 0.429. The van der Waals surface area contributed by atoms with Gasteiger partial charge in [0.25, 0.3) is 5.89 Å². The van der Waals surface area contributed by atoms with E-state index in [1.165, 1.54) is 0 Å². The number of aromatic nitrogens is 2. The van der Waals surface area contributed by atoms with E-state index >= 15 is 0 Å². The van der Waals surface area contributed by atoms with Crippen molar-refractivity contribution in [3.8, 4) is 34.7 Å². The minimum Gasteiger partial charge on any atom is -0.492 e. The van der Waals surface area contributed by atoms with E-state index in [0.29, 0.717) is 48.3 Å². The predicted octanol–water partition coefficient (Wildman–Crippen LogP) is 4.22. The van der Waals surface area contributed by atoms with Gasteiger partial charge in [-0.05, 0) is 56.5 Å². The molecule has 0 saturated carbocycles. The second-order valence-corrected chi connectivity index (χ2v) is 10.3. The molecule has 39 heavy (non-hydrogen) atoms. The molecular weight excluding hydrogens is 502 g/mol. The fourth-order valence-electron chi connectivity index (χ4n) is 4.92. The summed E-state index contributed by atoms with van der Waals surface area (Å²) >= 11 is 0. The van der Waals surface area contributed by atoms with Crippen molar-refractivity contribution in [2.24, 2.45) is 0 Å². The zero-order chi connectivity index (χ0) is 27.6. The molecule has 1 saturated heterocycles. The number of ether oxygens (including phenoxy) is 3. The van der Waals surface area contributed by atoms with Crippen molar-refractivity contribution < 1.29 is 28.6 Å². The van der Waals surface area contributed by atoms with Gasteiger partial charge in [-0.3, -0.25) is 0 Å². The number of carboxylic acid groups (broad SMARTS) is 1. The van der Waals surface area contributed by atoms with E-state index in [0.717, 1.165) is 29.7 Å². The Bertz CT molecular complexity index is 1400. The summed E-state index contributed by atoms with van der Waals surface area (Å²) in [4.78, 5) is 18.4. The topological polar surface area (TPSA) is 143 Å². The number of anilines is 1. The molecule has 2 aliphatic rings. The van der Waals surface area contributed by atoms with Gasteiger partial charge in [-0.25, -0.2) is 4.79 Å². The second kappa shape index (κ2) is 10.6. The minimum absolute atomic E-state index is 0.193. The first kappa shape index (κ1) is 26.5. The zero-order valence-corrected chi connectivity index (χ0v) is 22.2. The number of rotatable bonds is 8. The van der Waals surface area contributed by atoms with Gasteiger partial charge in [0, 0.05) is 29.9 Å². The molecule has 204 valence electrons. The van der Waals surface area contributed by atoms with Gasteiger partial charge in [0.05, 0.1) is 25.4 Å². The molecule has 0 bridgehead atoms. The first-order chi connectivity index (χ1) is 18.7. The third-order valence-electron chi connectivity index (χ3n) is 6.86. The predicted molar refractivity (Wildman–Crippen MR) is 141 cm³/mol. The molecule has 3 aromatic rings. The number of hydrogen-bond acceptors (Lipinski definition) is 9. The van der Waals surface area contributed by atoms with Gasteiger partial charge in [0.15, 0.2) is 5.79 Å². The van der Waals surface area contributed by atoms with Gasteiger partial charge in [-0.15, -0.1) is 0 Å².